The molecule has 0 heterocycles. The molecule has 0 saturated heterocycles. The summed E-state index contributed by atoms with van der Waals surface area (Å²) in [4.78, 5) is 0. The van der Waals surface area contributed by atoms with E-state index in [2.05, 4.69) is 58.0 Å². The quantitative estimate of drug-likeness (QED) is 0.643. The van der Waals surface area contributed by atoms with E-state index in [1.165, 1.54) is 34.2 Å². The van der Waals surface area contributed by atoms with Crippen LogP contribution in [0.1, 0.15) is 47.1 Å². The first kappa shape index (κ1) is 11.5. The summed E-state index contributed by atoms with van der Waals surface area (Å²) in [5.74, 6) is 0.594. The molecule has 0 radical (unpaired) electrons. The van der Waals surface area contributed by atoms with Gasteiger partial charge in [0, 0.05) is 5.92 Å². The van der Waals surface area contributed by atoms with E-state index in [0.29, 0.717) is 5.92 Å². The van der Waals surface area contributed by atoms with Crippen LogP contribution in [-0.4, -0.2) is 0 Å². The van der Waals surface area contributed by atoms with Crippen molar-refractivity contribution in [1.82, 2.24) is 0 Å². The van der Waals surface area contributed by atoms with Gasteiger partial charge in [0.05, 0.1) is 0 Å². The van der Waals surface area contributed by atoms with Crippen LogP contribution in [0.3, 0.4) is 0 Å². The molecule has 0 aromatic heterocycles. The fraction of sp³-hybridized carbons (Fsp3) is 0.333. The maximum atomic E-state index is 2.36. The van der Waals surface area contributed by atoms with Gasteiger partial charge in [0.25, 0.3) is 0 Å². The molecular formula is C18H20. The summed E-state index contributed by atoms with van der Waals surface area (Å²) in [5, 5.41) is 0. The highest BCUT2D eigenvalue weighted by molar-refractivity contribution is 5.81. The molecule has 1 aliphatic carbocycles. The largest absolute Gasteiger partial charge is 0.0645 e. The lowest BCUT2D eigenvalue weighted by atomic mass is 9.89. The Kier molecular flexibility index (Phi) is 2.55. The molecule has 0 fully saturated rings. The average molecular weight is 236 g/mol. The smallest absolute Gasteiger partial charge is 0.0104 e. The molecule has 18 heavy (non-hydrogen) atoms. The first-order valence-electron chi connectivity index (χ1n) is 6.84. The van der Waals surface area contributed by atoms with E-state index < -0.39 is 0 Å². The molecule has 0 heteroatoms. The SMILES string of the molecule is CCC1c2c(C)cccc2-c2cc(C)cc(C)c21. The average Bonchev–Trinajstić information content (AvgIpc) is 2.65. The summed E-state index contributed by atoms with van der Waals surface area (Å²) < 4.78 is 0. The van der Waals surface area contributed by atoms with E-state index in [1.807, 2.05) is 0 Å². The predicted molar refractivity (Wildman–Crippen MR) is 78.2 cm³/mol. The Morgan fingerprint density at radius 1 is 0.889 bits per heavy atom. The lowest BCUT2D eigenvalue weighted by Gasteiger charge is -2.15. The molecule has 0 bridgehead atoms. The summed E-state index contributed by atoms with van der Waals surface area (Å²) in [6.45, 7) is 9.00. The van der Waals surface area contributed by atoms with Crippen LogP contribution in [-0.2, 0) is 0 Å². The third-order valence-corrected chi connectivity index (χ3v) is 4.25. The van der Waals surface area contributed by atoms with Gasteiger partial charge in [-0.05, 0) is 60.6 Å². The fourth-order valence-corrected chi connectivity index (χ4v) is 3.59. The van der Waals surface area contributed by atoms with Gasteiger partial charge in [-0.2, -0.15) is 0 Å². The van der Waals surface area contributed by atoms with Gasteiger partial charge in [-0.25, -0.2) is 0 Å². The second kappa shape index (κ2) is 3.98. The molecule has 1 atom stereocenters. The van der Waals surface area contributed by atoms with Crippen LogP contribution in [0.5, 0.6) is 0 Å². The molecule has 1 unspecified atom stereocenters. The number of fused-ring (bicyclic) bond motifs is 3. The third kappa shape index (κ3) is 1.45. The summed E-state index contributed by atoms with van der Waals surface area (Å²) in [7, 11) is 0. The minimum atomic E-state index is 0.594. The molecule has 0 saturated carbocycles. The van der Waals surface area contributed by atoms with Crippen molar-refractivity contribution in [3.05, 3.63) is 58.1 Å². The van der Waals surface area contributed by atoms with Gasteiger partial charge in [-0.3, -0.25) is 0 Å². The van der Waals surface area contributed by atoms with E-state index in [-0.39, 0.29) is 0 Å². The van der Waals surface area contributed by atoms with Gasteiger partial charge in [-0.1, -0.05) is 42.8 Å². The van der Waals surface area contributed by atoms with Gasteiger partial charge in [0.1, 0.15) is 0 Å². The number of hydrogen-bond donors (Lipinski definition) is 0. The first-order valence-corrected chi connectivity index (χ1v) is 6.84. The molecule has 0 amide bonds. The Bertz CT molecular complexity index is 620. The fourth-order valence-electron chi connectivity index (χ4n) is 3.59. The maximum Gasteiger partial charge on any atom is 0.0104 e. The summed E-state index contributed by atoms with van der Waals surface area (Å²) in [5.41, 5.74) is 10.3. The van der Waals surface area contributed by atoms with Crippen molar-refractivity contribution in [1.29, 1.82) is 0 Å². The lowest BCUT2D eigenvalue weighted by molar-refractivity contribution is 0.785. The van der Waals surface area contributed by atoms with Crippen LogP contribution in [0.2, 0.25) is 0 Å². The Balaban J connectivity index is 2.38. The normalized spacial score (nSPS) is 16.6. The van der Waals surface area contributed by atoms with Gasteiger partial charge in [0.15, 0.2) is 0 Å². The van der Waals surface area contributed by atoms with Crippen LogP contribution < -0.4 is 0 Å². The van der Waals surface area contributed by atoms with Crippen molar-refractivity contribution in [2.24, 2.45) is 0 Å². The minimum absolute atomic E-state index is 0.594. The van der Waals surface area contributed by atoms with E-state index in [9.17, 15) is 0 Å². The number of hydrogen-bond acceptors (Lipinski definition) is 0. The van der Waals surface area contributed by atoms with Crippen molar-refractivity contribution in [3.8, 4) is 11.1 Å². The van der Waals surface area contributed by atoms with Crippen LogP contribution in [0.15, 0.2) is 30.3 Å². The standard InChI is InChI=1S/C18H20/c1-5-14-17-12(3)7-6-8-15(17)16-10-11(2)9-13(4)18(14)16/h6-10,14H,5H2,1-4H3. The van der Waals surface area contributed by atoms with Crippen LogP contribution >= 0.6 is 0 Å². The monoisotopic (exact) mass is 236 g/mol. The van der Waals surface area contributed by atoms with Gasteiger partial charge >= 0.3 is 0 Å². The van der Waals surface area contributed by atoms with Gasteiger partial charge in [0.2, 0.25) is 0 Å². The molecule has 2 aromatic carbocycles. The highest BCUT2D eigenvalue weighted by Crippen LogP contribution is 2.49. The second-order valence-corrected chi connectivity index (χ2v) is 5.54. The Morgan fingerprint density at radius 3 is 2.33 bits per heavy atom. The van der Waals surface area contributed by atoms with Crippen LogP contribution in [0.25, 0.3) is 11.1 Å². The Hall–Kier alpha value is -1.56. The zero-order valence-corrected chi connectivity index (χ0v) is 11.7. The molecule has 0 aliphatic heterocycles. The summed E-state index contributed by atoms with van der Waals surface area (Å²) in [6, 6.07) is 11.4. The second-order valence-electron chi connectivity index (χ2n) is 5.54. The molecule has 0 N–H and O–H groups in total. The van der Waals surface area contributed by atoms with E-state index in [4.69, 9.17) is 0 Å². The van der Waals surface area contributed by atoms with Gasteiger partial charge in [-0.15, -0.1) is 0 Å². The number of aryl methyl sites for hydroxylation is 3. The Labute approximate surface area is 110 Å². The number of rotatable bonds is 1. The first-order chi connectivity index (χ1) is 8.63. The maximum absolute atomic E-state index is 2.36. The summed E-state index contributed by atoms with van der Waals surface area (Å²) >= 11 is 0. The zero-order chi connectivity index (χ0) is 12.9. The molecular weight excluding hydrogens is 216 g/mol. The minimum Gasteiger partial charge on any atom is -0.0645 e. The Morgan fingerprint density at radius 2 is 1.61 bits per heavy atom. The van der Waals surface area contributed by atoms with E-state index in [1.54, 1.807) is 11.1 Å². The van der Waals surface area contributed by atoms with Crippen LogP contribution in [0.4, 0.5) is 0 Å². The molecule has 92 valence electrons. The molecule has 0 spiro atoms. The molecule has 0 nitrogen and oxygen atoms in total. The topological polar surface area (TPSA) is 0 Å². The van der Waals surface area contributed by atoms with Crippen molar-refractivity contribution in [2.45, 2.75) is 40.0 Å². The molecule has 3 rings (SSSR count). The molecule has 1 aliphatic rings. The third-order valence-electron chi connectivity index (χ3n) is 4.25. The highest BCUT2D eigenvalue weighted by Gasteiger charge is 2.29. The predicted octanol–water partition coefficient (Wildman–Crippen LogP) is 5.13. The van der Waals surface area contributed by atoms with Crippen molar-refractivity contribution < 1.29 is 0 Å². The van der Waals surface area contributed by atoms with Crippen LogP contribution in [0, 0.1) is 20.8 Å². The number of benzene rings is 2. The van der Waals surface area contributed by atoms with Crippen molar-refractivity contribution in [3.63, 3.8) is 0 Å². The summed E-state index contributed by atoms with van der Waals surface area (Å²) in [6.07, 6.45) is 1.19. The highest BCUT2D eigenvalue weighted by atomic mass is 14.3. The van der Waals surface area contributed by atoms with E-state index >= 15 is 0 Å². The van der Waals surface area contributed by atoms with Crippen molar-refractivity contribution in [2.75, 3.05) is 0 Å². The van der Waals surface area contributed by atoms with Crippen molar-refractivity contribution >= 4 is 0 Å². The van der Waals surface area contributed by atoms with Gasteiger partial charge < -0.3 is 0 Å². The molecule has 2 aromatic rings. The lowest BCUT2D eigenvalue weighted by Crippen LogP contribution is -1.99. The van der Waals surface area contributed by atoms with E-state index in [0.717, 1.165) is 0 Å². The zero-order valence-electron chi connectivity index (χ0n) is 11.7.